The van der Waals surface area contributed by atoms with Crippen LogP contribution >= 0.6 is 22.6 Å². The quantitative estimate of drug-likeness (QED) is 0.128. The van der Waals surface area contributed by atoms with Gasteiger partial charge in [0, 0.05) is 5.56 Å². The second-order valence-corrected chi connectivity index (χ2v) is 9.69. The Labute approximate surface area is 229 Å². The minimum atomic E-state index is -0.490. The molecule has 6 heteroatoms. The summed E-state index contributed by atoms with van der Waals surface area (Å²) in [4.78, 5) is 17.0. The van der Waals surface area contributed by atoms with Crippen LogP contribution in [0.25, 0.3) is 17.2 Å². The van der Waals surface area contributed by atoms with Gasteiger partial charge in [-0.2, -0.15) is 0 Å². The number of hydrogen-bond acceptors (Lipinski definition) is 5. The first-order chi connectivity index (χ1) is 18.0. The molecular formula is C31H24INO4. The lowest BCUT2D eigenvalue weighted by Gasteiger charge is -2.14. The van der Waals surface area contributed by atoms with Crippen molar-refractivity contribution in [2.24, 2.45) is 4.99 Å². The highest BCUT2D eigenvalue weighted by atomic mass is 127. The van der Waals surface area contributed by atoms with Crippen LogP contribution < -0.4 is 9.47 Å². The highest BCUT2D eigenvalue weighted by Crippen LogP contribution is 2.36. The Morgan fingerprint density at radius 3 is 2.30 bits per heavy atom. The van der Waals surface area contributed by atoms with Gasteiger partial charge in [0.25, 0.3) is 0 Å². The lowest BCUT2D eigenvalue weighted by atomic mass is 10.0. The fourth-order valence-electron chi connectivity index (χ4n) is 4.01. The molecule has 0 aromatic heterocycles. The van der Waals surface area contributed by atoms with Crippen molar-refractivity contribution in [2.75, 3.05) is 7.11 Å². The van der Waals surface area contributed by atoms with Crippen LogP contribution in [0, 0.1) is 10.5 Å². The molecule has 0 aliphatic carbocycles. The predicted molar refractivity (Wildman–Crippen MR) is 154 cm³/mol. The first-order valence-electron chi connectivity index (χ1n) is 11.7. The summed E-state index contributed by atoms with van der Waals surface area (Å²) in [5.41, 5.74) is 6.21. The molecule has 0 unspecified atom stereocenters. The first-order valence-corrected chi connectivity index (χ1v) is 12.8. The van der Waals surface area contributed by atoms with Gasteiger partial charge in [0.2, 0.25) is 5.90 Å². The number of hydrogen-bond donors (Lipinski definition) is 0. The van der Waals surface area contributed by atoms with Crippen LogP contribution in [0.4, 0.5) is 0 Å². The largest absolute Gasteiger partial charge is 0.493 e. The predicted octanol–water partition coefficient (Wildman–Crippen LogP) is 7.20. The molecule has 4 aromatic rings. The van der Waals surface area contributed by atoms with Crippen molar-refractivity contribution >= 4 is 40.5 Å². The zero-order valence-corrected chi connectivity index (χ0v) is 22.6. The third-order valence-corrected chi connectivity index (χ3v) is 6.85. The molecule has 5 nitrogen and oxygen atoms in total. The molecule has 4 aromatic carbocycles. The van der Waals surface area contributed by atoms with Gasteiger partial charge in [0.15, 0.2) is 17.2 Å². The van der Waals surface area contributed by atoms with E-state index in [0.29, 0.717) is 18.1 Å². The maximum atomic E-state index is 12.6. The van der Waals surface area contributed by atoms with Gasteiger partial charge >= 0.3 is 5.97 Å². The fraction of sp³-hybridized carbons (Fsp3) is 0.0968. The van der Waals surface area contributed by atoms with Gasteiger partial charge in [-0.3, -0.25) is 0 Å². The van der Waals surface area contributed by atoms with E-state index in [0.717, 1.165) is 31.4 Å². The summed E-state index contributed by atoms with van der Waals surface area (Å²) in [5, 5.41) is 0. The minimum absolute atomic E-state index is 0.230. The van der Waals surface area contributed by atoms with Crippen LogP contribution in [-0.4, -0.2) is 19.0 Å². The van der Waals surface area contributed by atoms with E-state index in [1.807, 2.05) is 72.8 Å². The number of benzene rings is 4. The smallest absolute Gasteiger partial charge is 0.363 e. The molecule has 0 saturated heterocycles. The topological polar surface area (TPSA) is 57.1 Å². The van der Waals surface area contributed by atoms with Crippen molar-refractivity contribution in [1.29, 1.82) is 0 Å². The summed E-state index contributed by atoms with van der Waals surface area (Å²) in [6.07, 6.45) is 1.70. The van der Waals surface area contributed by atoms with Crippen molar-refractivity contribution in [1.82, 2.24) is 0 Å². The molecular weight excluding hydrogens is 577 g/mol. The molecule has 0 N–H and O–H groups in total. The molecule has 1 aliphatic heterocycles. The van der Waals surface area contributed by atoms with Crippen molar-refractivity contribution in [2.45, 2.75) is 13.5 Å². The maximum Gasteiger partial charge on any atom is 0.363 e. The van der Waals surface area contributed by atoms with Crippen LogP contribution in [0.3, 0.4) is 0 Å². The van der Waals surface area contributed by atoms with Crippen molar-refractivity contribution in [3.8, 4) is 22.6 Å². The molecule has 37 heavy (non-hydrogen) atoms. The van der Waals surface area contributed by atoms with Gasteiger partial charge in [0.05, 0.1) is 10.7 Å². The van der Waals surface area contributed by atoms with E-state index >= 15 is 0 Å². The Hall–Kier alpha value is -3.91. The van der Waals surface area contributed by atoms with E-state index in [-0.39, 0.29) is 11.6 Å². The third kappa shape index (κ3) is 5.59. The standard InChI is InChI=1S/C31H24INO4/c1-20-8-6-7-11-25(20)19-36-29-26(32)16-21(18-28(29)35-2)17-27-31(34)37-30(33-27)24-14-12-23(13-15-24)22-9-4-3-5-10-22/h3-18H,19H2,1-2H3/b27-17-. The molecule has 1 aliphatic rings. The Morgan fingerprint density at radius 1 is 0.892 bits per heavy atom. The fourth-order valence-corrected chi connectivity index (χ4v) is 4.79. The monoisotopic (exact) mass is 601 g/mol. The Morgan fingerprint density at radius 2 is 1.57 bits per heavy atom. The maximum absolute atomic E-state index is 12.6. The van der Waals surface area contributed by atoms with Crippen LogP contribution in [0.15, 0.2) is 102 Å². The second kappa shape index (κ2) is 11.0. The number of carbonyl (C=O) groups is 1. The van der Waals surface area contributed by atoms with E-state index in [1.165, 1.54) is 5.56 Å². The normalized spacial score (nSPS) is 13.9. The molecule has 184 valence electrons. The van der Waals surface area contributed by atoms with E-state index in [4.69, 9.17) is 14.2 Å². The summed E-state index contributed by atoms with van der Waals surface area (Å²) < 4.78 is 18.1. The number of esters is 1. The molecule has 0 bridgehead atoms. The SMILES string of the molecule is COc1cc(/C=C2\N=C(c3ccc(-c4ccccc4)cc3)OC2=O)cc(I)c1OCc1ccccc1C. The molecule has 5 rings (SSSR count). The minimum Gasteiger partial charge on any atom is -0.493 e. The Bertz CT molecular complexity index is 1510. The molecule has 0 spiro atoms. The Balaban J connectivity index is 1.37. The van der Waals surface area contributed by atoms with Gasteiger partial charge in [0.1, 0.15) is 6.61 Å². The van der Waals surface area contributed by atoms with E-state index in [2.05, 4.69) is 52.7 Å². The molecule has 1 heterocycles. The second-order valence-electron chi connectivity index (χ2n) is 8.53. The molecule has 0 atom stereocenters. The number of carbonyl (C=O) groups excluding carboxylic acids is 1. The van der Waals surface area contributed by atoms with Gasteiger partial charge in [-0.15, -0.1) is 0 Å². The van der Waals surface area contributed by atoms with E-state index < -0.39 is 5.97 Å². The summed E-state index contributed by atoms with van der Waals surface area (Å²) in [6, 6.07) is 29.8. The highest BCUT2D eigenvalue weighted by molar-refractivity contribution is 14.1. The van der Waals surface area contributed by atoms with Crippen LogP contribution in [0.5, 0.6) is 11.5 Å². The number of methoxy groups -OCH3 is 1. The van der Waals surface area contributed by atoms with Crippen LogP contribution in [0.1, 0.15) is 22.3 Å². The number of rotatable bonds is 7. The lowest BCUT2D eigenvalue weighted by molar-refractivity contribution is -0.129. The van der Waals surface area contributed by atoms with E-state index in [9.17, 15) is 4.79 Å². The molecule has 0 fully saturated rings. The van der Waals surface area contributed by atoms with Crippen LogP contribution in [0.2, 0.25) is 0 Å². The third-order valence-electron chi connectivity index (χ3n) is 6.05. The van der Waals surface area contributed by atoms with Crippen molar-refractivity contribution in [3.63, 3.8) is 0 Å². The lowest BCUT2D eigenvalue weighted by Crippen LogP contribution is -2.05. The number of nitrogens with zero attached hydrogens (tertiary/aromatic N) is 1. The summed E-state index contributed by atoms with van der Waals surface area (Å²) >= 11 is 2.21. The van der Waals surface area contributed by atoms with Crippen molar-refractivity contribution in [3.05, 3.63) is 123 Å². The average molecular weight is 601 g/mol. The number of ether oxygens (including phenoxy) is 3. The summed E-state index contributed by atoms with van der Waals surface area (Å²) in [7, 11) is 1.60. The number of aliphatic imine (C=N–C) groups is 1. The molecule has 0 radical (unpaired) electrons. The number of cyclic esters (lactones) is 1. The highest BCUT2D eigenvalue weighted by Gasteiger charge is 2.24. The number of aryl methyl sites for hydroxylation is 1. The average Bonchev–Trinajstić information content (AvgIpc) is 3.29. The molecule has 0 amide bonds. The Kier molecular flexibility index (Phi) is 7.37. The summed E-state index contributed by atoms with van der Waals surface area (Å²) in [5.74, 6) is 1.04. The van der Waals surface area contributed by atoms with Crippen molar-refractivity contribution < 1.29 is 19.0 Å². The zero-order chi connectivity index (χ0) is 25.8. The van der Waals surface area contributed by atoms with Gasteiger partial charge in [-0.05, 0) is 87.7 Å². The summed E-state index contributed by atoms with van der Waals surface area (Å²) in [6.45, 7) is 2.49. The number of halogens is 1. The van der Waals surface area contributed by atoms with E-state index in [1.54, 1.807) is 13.2 Å². The molecule has 0 saturated carbocycles. The zero-order valence-electron chi connectivity index (χ0n) is 20.4. The van der Waals surface area contributed by atoms with Crippen LogP contribution in [-0.2, 0) is 16.1 Å². The first kappa shape index (κ1) is 24.8. The van der Waals surface area contributed by atoms with Gasteiger partial charge in [-0.25, -0.2) is 9.79 Å². The van der Waals surface area contributed by atoms with Gasteiger partial charge < -0.3 is 14.2 Å². The van der Waals surface area contributed by atoms with Gasteiger partial charge in [-0.1, -0.05) is 66.7 Å².